The van der Waals surface area contributed by atoms with Crippen molar-refractivity contribution in [1.82, 2.24) is 24.6 Å². The fraction of sp³-hybridized carbons (Fsp3) is 0.217. The Hall–Kier alpha value is -3.50. The van der Waals surface area contributed by atoms with Gasteiger partial charge < -0.3 is 14.1 Å². The summed E-state index contributed by atoms with van der Waals surface area (Å²) in [6.07, 6.45) is 1.37. The Bertz CT molecular complexity index is 1250. The number of nitrogens with zero attached hydrogens (tertiary/aromatic N) is 5. The van der Waals surface area contributed by atoms with Gasteiger partial charge in [0.05, 0.1) is 24.7 Å². The zero-order chi connectivity index (χ0) is 22.6. The second-order valence-electron chi connectivity index (χ2n) is 7.28. The minimum absolute atomic E-state index is 0.181. The first-order valence-electron chi connectivity index (χ1n) is 10.4. The Morgan fingerprint density at radius 1 is 1.03 bits per heavy atom. The van der Waals surface area contributed by atoms with Gasteiger partial charge in [0, 0.05) is 18.7 Å². The normalized spacial score (nSPS) is 13.9. The van der Waals surface area contributed by atoms with Crippen LogP contribution in [0.4, 0.5) is 4.39 Å². The average Bonchev–Trinajstić information content (AvgIpc) is 3.51. The summed E-state index contributed by atoms with van der Waals surface area (Å²) in [5.74, 6) is 0.641. The van der Waals surface area contributed by atoms with E-state index in [1.54, 1.807) is 27.7 Å². The molecule has 2 aromatic carbocycles. The molecule has 33 heavy (non-hydrogen) atoms. The lowest BCUT2D eigenvalue weighted by atomic mass is 10.2. The molecule has 0 atom stereocenters. The fourth-order valence-electron chi connectivity index (χ4n) is 3.52. The molecule has 3 heterocycles. The number of halogens is 1. The predicted octanol–water partition coefficient (Wildman–Crippen LogP) is 3.83. The molecule has 5 rings (SSSR count). The third-order valence-electron chi connectivity index (χ3n) is 5.15. The number of hydrogen-bond donors (Lipinski definition) is 0. The summed E-state index contributed by atoms with van der Waals surface area (Å²) in [6.45, 7) is 2.09. The number of ether oxygens (including phenoxy) is 1. The summed E-state index contributed by atoms with van der Waals surface area (Å²) in [4.78, 5) is 18.6. The van der Waals surface area contributed by atoms with Crippen LogP contribution in [0.2, 0.25) is 0 Å². The highest BCUT2D eigenvalue weighted by molar-refractivity contribution is 7.98. The molecular formula is C23H20FN5O3S. The number of para-hydroxylation sites is 1. The van der Waals surface area contributed by atoms with Crippen molar-refractivity contribution >= 4 is 17.7 Å². The van der Waals surface area contributed by atoms with Crippen LogP contribution in [0.1, 0.15) is 16.4 Å². The van der Waals surface area contributed by atoms with Crippen molar-refractivity contribution in [3.63, 3.8) is 0 Å². The number of amides is 1. The van der Waals surface area contributed by atoms with Crippen LogP contribution in [0.3, 0.4) is 0 Å². The van der Waals surface area contributed by atoms with Crippen LogP contribution in [0, 0.1) is 5.82 Å². The van der Waals surface area contributed by atoms with Gasteiger partial charge >= 0.3 is 0 Å². The van der Waals surface area contributed by atoms with Gasteiger partial charge in [-0.2, -0.15) is 0 Å². The van der Waals surface area contributed by atoms with Crippen molar-refractivity contribution in [2.24, 2.45) is 0 Å². The largest absolute Gasteiger partial charge is 0.447 e. The second-order valence-corrected chi connectivity index (χ2v) is 8.22. The molecule has 0 saturated carbocycles. The van der Waals surface area contributed by atoms with Crippen molar-refractivity contribution < 1.29 is 18.3 Å². The van der Waals surface area contributed by atoms with Crippen LogP contribution in [0.5, 0.6) is 0 Å². The van der Waals surface area contributed by atoms with Gasteiger partial charge in [-0.3, -0.25) is 9.36 Å². The smallest absolute Gasteiger partial charge is 0.275 e. The van der Waals surface area contributed by atoms with E-state index in [-0.39, 0.29) is 17.4 Å². The maximum atomic E-state index is 14.7. The first kappa shape index (κ1) is 21.4. The first-order valence-corrected chi connectivity index (χ1v) is 11.4. The number of aromatic nitrogens is 4. The van der Waals surface area contributed by atoms with E-state index in [1.807, 2.05) is 30.3 Å². The second kappa shape index (κ2) is 9.55. The third-order valence-corrected chi connectivity index (χ3v) is 6.07. The molecule has 1 aliphatic rings. The number of oxazole rings is 1. The molecule has 1 saturated heterocycles. The molecule has 0 radical (unpaired) electrons. The van der Waals surface area contributed by atoms with Gasteiger partial charge in [0.2, 0.25) is 5.89 Å². The highest BCUT2D eigenvalue weighted by Crippen LogP contribution is 2.30. The zero-order valence-corrected chi connectivity index (χ0v) is 18.4. The Morgan fingerprint density at radius 2 is 1.79 bits per heavy atom. The van der Waals surface area contributed by atoms with Gasteiger partial charge in [0.1, 0.15) is 12.1 Å². The standard InChI is InChI=1S/C23H20FN5O3S/c24-17-8-4-5-9-19(17)29-21(16-6-2-1-3-7-16)26-27-23(29)33-15-20-25-18(14-32-20)22(30)28-10-12-31-13-11-28/h1-9,14H,10-13,15H2. The lowest BCUT2D eigenvalue weighted by Gasteiger charge is -2.25. The lowest BCUT2D eigenvalue weighted by molar-refractivity contribution is 0.0299. The molecule has 0 bridgehead atoms. The molecule has 4 aromatic rings. The fourth-order valence-corrected chi connectivity index (χ4v) is 4.32. The maximum Gasteiger partial charge on any atom is 0.275 e. The minimum atomic E-state index is -0.383. The van der Waals surface area contributed by atoms with Crippen molar-refractivity contribution in [1.29, 1.82) is 0 Å². The number of morpholine rings is 1. The average molecular weight is 466 g/mol. The number of benzene rings is 2. The molecule has 2 aromatic heterocycles. The van der Waals surface area contributed by atoms with Crippen LogP contribution < -0.4 is 0 Å². The quantitative estimate of drug-likeness (QED) is 0.400. The van der Waals surface area contributed by atoms with Crippen molar-refractivity contribution in [3.05, 3.63) is 78.3 Å². The van der Waals surface area contributed by atoms with E-state index in [2.05, 4.69) is 15.2 Å². The van der Waals surface area contributed by atoms with Gasteiger partial charge in [0.25, 0.3) is 5.91 Å². The number of thioether (sulfide) groups is 1. The minimum Gasteiger partial charge on any atom is -0.447 e. The van der Waals surface area contributed by atoms with Crippen LogP contribution >= 0.6 is 11.8 Å². The van der Waals surface area contributed by atoms with E-state index in [0.29, 0.717) is 54.6 Å². The van der Waals surface area contributed by atoms with Crippen molar-refractivity contribution in [2.75, 3.05) is 26.3 Å². The number of carbonyl (C=O) groups is 1. The Morgan fingerprint density at radius 3 is 2.58 bits per heavy atom. The maximum absolute atomic E-state index is 14.7. The summed E-state index contributed by atoms with van der Waals surface area (Å²) in [5, 5.41) is 9.09. The van der Waals surface area contributed by atoms with Gasteiger partial charge in [0.15, 0.2) is 16.7 Å². The van der Waals surface area contributed by atoms with Crippen LogP contribution in [-0.2, 0) is 10.5 Å². The molecule has 8 nitrogen and oxygen atoms in total. The van der Waals surface area contributed by atoms with E-state index in [9.17, 15) is 9.18 Å². The number of hydrogen-bond acceptors (Lipinski definition) is 7. The van der Waals surface area contributed by atoms with Crippen molar-refractivity contribution in [2.45, 2.75) is 10.9 Å². The van der Waals surface area contributed by atoms with Gasteiger partial charge in [-0.15, -0.1) is 10.2 Å². The summed E-state index contributed by atoms with van der Waals surface area (Å²) in [5.41, 5.74) is 1.42. The lowest BCUT2D eigenvalue weighted by Crippen LogP contribution is -2.40. The molecule has 0 unspecified atom stereocenters. The molecule has 1 amide bonds. The molecule has 1 fully saturated rings. The summed E-state index contributed by atoms with van der Waals surface area (Å²) in [6, 6.07) is 16.0. The number of rotatable bonds is 6. The Balaban J connectivity index is 1.39. The third kappa shape index (κ3) is 4.53. The van der Waals surface area contributed by atoms with E-state index < -0.39 is 0 Å². The molecule has 10 heteroatoms. The van der Waals surface area contributed by atoms with Gasteiger partial charge in [-0.05, 0) is 12.1 Å². The summed E-state index contributed by atoms with van der Waals surface area (Å²) >= 11 is 1.30. The molecule has 0 aliphatic carbocycles. The van der Waals surface area contributed by atoms with Gasteiger partial charge in [-0.25, -0.2) is 9.37 Å². The Kier molecular flexibility index (Phi) is 6.18. The number of carbonyl (C=O) groups excluding carboxylic acids is 1. The highest BCUT2D eigenvalue weighted by Gasteiger charge is 2.23. The zero-order valence-electron chi connectivity index (χ0n) is 17.6. The molecule has 168 valence electrons. The molecule has 1 aliphatic heterocycles. The SMILES string of the molecule is O=C(c1coc(CSc2nnc(-c3ccccc3)n2-c2ccccc2F)n1)N1CCOCC1. The van der Waals surface area contributed by atoms with E-state index in [4.69, 9.17) is 9.15 Å². The van der Waals surface area contributed by atoms with Gasteiger partial charge in [-0.1, -0.05) is 54.2 Å². The molecular weight excluding hydrogens is 445 g/mol. The predicted molar refractivity (Wildman–Crippen MR) is 120 cm³/mol. The molecule has 0 spiro atoms. The Labute approximate surface area is 193 Å². The van der Waals surface area contributed by atoms with Crippen LogP contribution in [0.15, 0.2) is 70.4 Å². The summed E-state index contributed by atoms with van der Waals surface area (Å²) in [7, 11) is 0. The highest BCUT2D eigenvalue weighted by atomic mass is 32.2. The first-order chi connectivity index (χ1) is 16.2. The van der Waals surface area contributed by atoms with Crippen LogP contribution in [-0.4, -0.2) is 56.9 Å². The van der Waals surface area contributed by atoms with E-state index in [0.717, 1.165) is 5.56 Å². The monoisotopic (exact) mass is 465 g/mol. The van der Waals surface area contributed by atoms with Crippen molar-refractivity contribution in [3.8, 4) is 17.1 Å². The van der Waals surface area contributed by atoms with Crippen LogP contribution in [0.25, 0.3) is 17.1 Å². The summed E-state index contributed by atoms with van der Waals surface area (Å²) < 4.78 is 27.2. The molecule has 0 N–H and O–H groups in total. The van der Waals surface area contributed by atoms with E-state index >= 15 is 0 Å². The topological polar surface area (TPSA) is 86.3 Å². The van der Waals surface area contributed by atoms with E-state index in [1.165, 1.54) is 24.1 Å².